The predicted octanol–water partition coefficient (Wildman–Crippen LogP) is 2.21. The lowest BCUT2D eigenvalue weighted by molar-refractivity contribution is 0.941. The van der Waals surface area contributed by atoms with Crippen LogP contribution in [0.3, 0.4) is 0 Å². The Hall–Kier alpha value is 0.660. The number of rotatable bonds is 8. The lowest BCUT2D eigenvalue weighted by atomic mass is 10.5. The van der Waals surface area contributed by atoms with Crippen LogP contribution in [0.4, 0.5) is 0 Å². The second-order valence-electron chi connectivity index (χ2n) is 2.31. The van der Waals surface area contributed by atoms with Gasteiger partial charge in [0.05, 0.1) is 0 Å². The van der Waals surface area contributed by atoms with Crippen molar-refractivity contribution < 1.29 is 0 Å². The van der Waals surface area contributed by atoms with Crippen molar-refractivity contribution in [2.45, 2.75) is 19.8 Å². The molecule has 0 spiro atoms. The summed E-state index contributed by atoms with van der Waals surface area (Å²) in [6.07, 6.45) is 2.53. The monoisotopic (exact) mass is 193 g/mol. The third-order valence-electron chi connectivity index (χ3n) is 1.27. The normalized spacial score (nSPS) is 10.4. The molecule has 0 aromatic carbocycles. The lowest BCUT2D eigenvalue weighted by Crippen LogP contribution is -1.99. The maximum Gasteiger partial charge on any atom is -0.00555 e. The molecular formula is C8H19NS2. The molecule has 0 heterocycles. The molecule has 0 aromatic rings. The molecule has 0 saturated heterocycles. The van der Waals surface area contributed by atoms with Crippen molar-refractivity contribution in [2.24, 2.45) is 5.73 Å². The van der Waals surface area contributed by atoms with Crippen molar-refractivity contribution in [3.05, 3.63) is 0 Å². The van der Waals surface area contributed by atoms with E-state index >= 15 is 0 Å². The van der Waals surface area contributed by atoms with Crippen LogP contribution >= 0.6 is 23.5 Å². The van der Waals surface area contributed by atoms with E-state index in [-0.39, 0.29) is 0 Å². The van der Waals surface area contributed by atoms with E-state index in [0.29, 0.717) is 0 Å². The summed E-state index contributed by atoms with van der Waals surface area (Å²) >= 11 is 4.07. The van der Waals surface area contributed by atoms with Gasteiger partial charge in [0.1, 0.15) is 0 Å². The van der Waals surface area contributed by atoms with E-state index in [2.05, 4.69) is 6.92 Å². The first-order valence-corrected chi connectivity index (χ1v) is 6.58. The molecule has 1 nitrogen and oxygen atoms in total. The van der Waals surface area contributed by atoms with Gasteiger partial charge in [-0.3, -0.25) is 0 Å². The summed E-state index contributed by atoms with van der Waals surface area (Å²) in [6, 6.07) is 0. The van der Waals surface area contributed by atoms with Gasteiger partial charge in [0.25, 0.3) is 0 Å². The molecule has 68 valence electrons. The summed E-state index contributed by atoms with van der Waals surface area (Å²) in [7, 11) is 0. The van der Waals surface area contributed by atoms with E-state index < -0.39 is 0 Å². The van der Waals surface area contributed by atoms with Crippen LogP contribution in [0.2, 0.25) is 0 Å². The van der Waals surface area contributed by atoms with Gasteiger partial charge in [-0.05, 0) is 42.4 Å². The van der Waals surface area contributed by atoms with Crippen LogP contribution in [0.15, 0.2) is 0 Å². The van der Waals surface area contributed by atoms with Crippen molar-refractivity contribution in [1.29, 1.82) is 0 Å². The van der Waals surface area contributed by atoms with Crippen LogP contribution in [0.5, 0.6) is 0 Å². The zero-order valence-corrected chi connectivity index (χ0v) is 8.98. The van der Waals surface area contributed by atoms with Gasteiger partial charge in [0, 0.05) is 0 Å². The number of hydrogen-bond donors (Lipinski definition) is 1. The maximum atomic E-state index is 5.37. The fourth-order valence-electron chi connectivity index (χ4n) is 0.695. The fourth-order valence-corrected chi connectivity index (χ4v) is 2.44. The predicted molar refractivity (Wildman–Crippen MR) is 58.6 cm³/mol. The van der Waals surface area contributed by atoms with Crippen molar-refractivity contribution in [3.63, 3.8) is 0 Å². The van der Waals surface area contributed by atoms with Crippen molar-refractivity contribution in [3.8, 4) is 0 Å². The second-order valence-corrected chi connectivity index (χ2v) is 4.92. The highest BCUT2D eigenvalue weighted by Crippen LogP contribution is 2.07. The molecule has 2 N–H and O–H groups in total. The smallest absolute Gasteiger partial charge is 0.00555 e. The third kappa shape index (κ3) is 10.7. The van der Waals surface area contributed by atoms with E-state index in [1.54, 1.807) is 0 Å². The number of nitrogens with two attached hydrogens (primary N) is 1. The summed E-state index contributed by atoms with van der Waals surface area (Å²) in [5, 5.41) is 0. The molecule has 0 aliphatic carbocycles. The topological polar surface area (TPSA) is 26.0 Å². The zero-order chi connectivity index (χ0) is 8.36. The van der Waals surface area contributed by atoms with Crippen LogP contribution in [-0.4, -0.2) is 29.6 Å². The lowest BCUT2D eigenvalue weighted by Gasteiger charge is -1.99. The van der Waals surface area contributed by atoms with Gasteiger partial charge < -0.3 is 5.73 Å². The Bertz CT molecular complexity index is 61.1. The molecule has 11 heavy (non-hydrogen) atoms. The minimum atomic E-state index is 0.844. The molecule has 0 atom stereocenters. The summed E-state index contributed by atoms with van der Waals surface area (Å²) < 4.78 is 0. The third-order valence-corrected chi connectivity index (χ3v) is 3.41. The molecule has 0 amide bonds. The summed E-state index contributed by atoms with van der Waals surface area (Å²) in [5.41, 5.74) is 5.37. The summed E-state index contributed by atoms with van der Waals surface area (Å²) in [5.74, 6) is 5.14. The Kier molecular flexibility index (Phi) is 11.3. The Labute approximate surface area is 78.9 Å². The quantitative estimate of drug-likeness (QED) is 0.599. The number of hydrogen-bond acceptors (Lipinski definition) is 3. The first-order valence-electron chi connectivity index (χ1n) is 4.27. The van der Waals surface area contributed by atoms with E-state index in [1.165, 1.54) is 35.9 Å². The SMILES string of the molecule is CCSCCCSCCCN. The highest BCUT2D eigenvalue weighted by Gasteiger charge is 1.89. The van der Waals surface area contributed by atoms with Crippen LogP contribution < -0.4 is 5.73 Å². The van der Waals surface area contributed by atoms with Gasteiger partial charge in [0.15, 0.2) is 0 Å². The van der Waals surface area contributed by atoms with Gasteiger partial charge in [-0.25, -0.2) is 0 Å². The summed E-state index contributed by atoms with van der Waals surface area (Å²) in [4.78, 5) is 0. The van der Waals surface area contributed by atoms with Crippen LogP contribution in [0.1, 0.15) is 19.8 Å². The van der Waals surface area contributed by atoms with Crippen LogP contribution in [0, 0.1) is 0 Å². The Morgan fingerprint density at radius 3 is 2.27 bits per heavy atom. The Morgan fingerprint density at radius 1 is 1.00 bits per heavy atom. The molecule has 0 saturated carbocycles. The van der Waals surface area contributed by atoms with Crippen molar-refractivity contribution in [1.82, 2.24) is 0 Å². The molecule has 0 rings (SSSR count). The largest absolute Gasteiger partial charge is 0.330 e. The second kappa shape index (κ2) is 10.7. The van der Waals surface area contributed by atoms with Gasteiger partial charge in [-0.1, -0.05) is 6.92 Å². The van der Waals surface area contributed by atoms with Crippen molar-refractivity contribution in [2.75, 3.05) is 29.6 Å². The Morgan fingerprint density at radius 2 is 1.64 bits per heavy atom. The minimum Gasteiger partial charge on any atom is -0.330 e. The molecular weight excluding hydrogens is 174 g/mol. The average Bonchev–Trinajstić information content (AvgIpc) is 2.03. The fraction of sp³-hybridized carbons (Fsp3) is 1.00. The molecule has 0 aliphatic rings. The van der Waals surface area contributed by atoms with Gasteiger partial charge in [-0.15, -0.1) is 0 Å². The van der Waals surface area contributed by atoms with Crippen molar-refractivity contribution >= 4 is 23.5 Å². The molecule has 0 aromatic heterocycles. The molecule has 0 aliphatic heterocycles. The highest BCUT2D eigenvalue weighted by molar-refractivity contribution is 8.00. The zero-order valence-electron chi connectivity index (χ0n) is 7.34. The first kappa shape index (κ1) is 11.7. The van der Waals surface area contributed by atoms with E-state index in [0.717, 1.165) is 6.54 Å². The molecule has 0 radical (unpaired) electrons. The average molecular weight is 193 g/mol. The summed E-state index contributed by atoms with van der Waals surface area (Å²) in [6.45, 7) is 3.06. The molecule has 0 unspecified atom stereocenters. The highest BCUT2D eigenvalue weighted by atomic mass is 32.2. The maximum absolute atomic E-state index is 5.37. The minimum absolute atomic E-state index is 0.844. The van der Waals surface area contributed by atoms with Gasteiger partial charge in [-0.2, -0.15) is 23.5 Å². The van der Waals surface area contributed by atoms with Crippen LogP contribution in [0.25, 0.3) is 0 Å². The number of thioether (sulfide) groups is 2. The van der Waals surface area contributed by atoms with E-state index in [1.807, 2.05) is 23.5 Å². The molecule has 0 bridgehead atoms. The van der Waals surface area contributed by atoms with Gasteiger partial charge >= 0.3 is 0 Å². The molecule has 0 fully saturated rings. The van der Waals surface area contributed by atoms with Crippen LogP contribution in [-0.2, 0) is 0 Å². The molecule has 3 heteroatoms. The standard InChI is InChI=1S/C8H19NS2/c1-2-10-7-4-8-11-6-3-5-9/h2-9H2,1H3. The first-order chi connectivity index (χ1) is 5.41. The van der Waals surface area contributed by atoms with E-state index in [9.17, 15) is 0 Å². The Balaban J connectivity index is 2.69. The van der Waals surface area contributed by atoms with E-state index in [4.69, 9.17) is 5.73 Å². The van der Waals surface area contributed by atoms with Gasteiger partial charge in [0.2, 0.25) is 0 Å².